The molecule has 3 aliphatic rings. The number of rotatable bonds is 2. The number of amides is 1. The lowest BCUT2D eigenvalue weighted by Gasteiger charge is -2.45. The van der Waals surface area contributed by atoms with Gasteiger partial charge in [-0.1, -0.05) is 54.6 Å². The summed E-state index contributed by atoms with van der Waals surface area (Å²) >= 11 is 0. The summed E-state index contributed by atoms with van der Waals surface area (Å²) in [6.07, 6.45) is 3.73. The molecule has 2 heterocycles. The fourth-order valence-corrected chi connectivity index (χ4v) is 6.06. The van der Waals surface area contributed by atoms with E-state index in [4.69, 9.17) is 0 Å². The van der Waals surface area contributed by atoms with Crippen LogP contribution >= 0.6 is 0 Å². The van der Waals surface area contributed by atoms with Crippen molar-refractivity contribution in [1.29, 1.82) is 0 Å². The van der Waals surface area contributed by atoms with Gasteiger partial charge in [0, 0.05) is 30.4 Å². The van der Waals surface area contributed by atoms with Gasteiger partial charge in [-0.25, -0.2) is 0 Å². The fraction of sp³-hybridized carbons (Fsp3) is 0.346. The molecule has 1 unspecified atom stereocenters. The highest BCUT2D eigenvalue weighted by molar-refractivity contribution is 6.01. The molecule has 0 radical (unpaired) electrons. The summed E-state index contributed by atoms with van der Waals surface area (Å²) in [5.41, 5.74) is 5.34. The Morgan fingerprint density at radius 1 is 0.897 bits per heavy atom. The van der Waals surface area contributed by atoms with Crippen molar-refractivity contribution in [2.45, 2.75) is 44.2 Å². The molecule has 0 spiro atoms. The highest BCUT2D eigenvalue weighted by Crippen LogP contribution is 2.46. The summed E-state index contributed by atoms with van der Waals surface area (Å²) in [5.74, 6) is 0.272. The van der Waals surface area contributed by atoms with Crippen LogP contribution in [0.15, 0.2) is 60.7 Å². The maximum absolute atomic E-state index is 12.7. The van der Waals surface area contributed by atoms with Gasteiger partial charge in [-0.3, -0.25) is 9.69 Å². The van der Waals surface area contributed by atoms with E-state index in [-0.39, 0.29) is 11.4 Å². The second-order valence-corrected chi connectivity index (χ2v) is 9.06. The van der Waals surface area contributed by atoms with Gasteiger partial charge in [0.25, 0.3) is 0 Å². The minimum absolute atomic E-state index is 0.0566. The molecule has 0 bridgehead atoms. The van der Waals surface area contributed by atoms with Crippen molar-refractivity contribution in [2.24, 2.45) is 0 Å². The number of nitrogens with zero attached hydrogens (tertiary/aromatic N) is 2. The lowest BCUT2D eigenvalue weighted by molar-refractivity contribution is -0.118. The second-order valence-electron chi connectivity index (χ2n) is 9.06. The van der Waals surface area contributed by atoms with Crippen molar-refractivity contribution in [3.8, 4) is 0 Å². The maximum Gasteiger partial charge on any atom is 0.231 e. The van der Waals surface area contributed by atoms with E-state index in [0.29, 0.717) is 12.5 Å². The van der Waals surface area contributed by atoms with Crippen molar-refractivity contribution in [3.63, 3.8) is 0 Å². The van der Waals surface area contributed by atoms with Gasteiger partial charge in [0.15, 0.2) is 0 Å². The van der Waals surface area contributed by atoms with Crippen molar-refractivity contribution >= 4 is 22.4 Å². The van der Waals surface area contributed by atoms with Gasteiger partial charge in [-0.2, -0.15) is 0 Å². The Kier molecular flexibility index (Phi) is 3.67. The summed E-state index contributed by atoms with van der Waals surface area (Å²) in [6.45, 7) is 4.49. The normalized spacial score (nSPS) is 24.4. The summed E-state index contributed by atoms with van der Waals surface area (Å²) in [7, 11) is 0. The predicted molar refractivity (Wildman–Crippen MR) is 117 cm³/mol. The number of benzene rings is 3. The van der Waals surface area contributed by atoms with Crippen molar-refractivity contribution in [2.75, 3.05) is 18.0 Å². The van der Waals surface area contributed by atoms with Gasteiger partial charge in [-0.05, 0) is 59.7 Å². The molecule has 3 aromatic carbocycles. The highest BCUT2D eigenvalue weighted by atomic mass is 16.2. The lowest BCUT2D eigenvalue weighted by Crippen LogP contribution is -2.52. The number of hydrogen-bond donors (Lipinski definition) is 0. The Balaban J connectivity index is 1.26. The second kappa shape index (κ2) is 6.17. The minimum Gasteiger partial charge on any atom is -0.309 e. The summed E-state index contributed by atoms with van der Waals surface area (Å²) in [4.78, 5) is 17.5. The van der Waals surface area contributed by atoms with Crippen LogP contribution in [0, 0.1) is 0 Å². The van der Waals surface area contributed by atoms with Crippen LogP contribution in [0.5, 0.6) is 0 Å². The molecular weight excluding hydrogens is 356 g/mol. The van der Waals surface area contributed by atoms with Crippen molar-refractivity contribution in [1.82, 2.24) is 4.90 Å². The Labute approximate surface area is 171 Å². The van der Waals surface area contributed by atoms with E-state index >= 15 is 0 Å². The van der Waals surface area contributed by atoms with Gasteiger partial charge in [0.1, 0.15) is 0 Å². The monoisotopic (exact) mass is 382 g/mol. The topological polar surface area (TPSA) is 23.6 Å². The van der Waals surface area contributed by atoms with Crippen molar-refractivity contribution in [3.05, 3.63) is 77.4 Å². The SMILES string of the molecule is CC1(N2CCC(N3C(=O)Cc4ccccc43)CC2)Cc2cccc3cccc1c23. The van der Waals surface area contributed by atoms with Crippen LogP contribution in [0.4, 0.5) is 5.69 Å². The van der Waals surface area contributed by atoms with Gasteiger partial charge >= 0.3 is 0 Å². The fourth-order valence-electron chi connectivity index (χ4n) is 6.06. The first-order valence-corrected chi connectivity index (χ1v) is 10.8. The molecule has 3 heteroatoms. The van der Waals surface area contributed by atoms with E-state index in [1.807, 2.05) is 6.07 Å². The molecule has 1 amide bonds. The smallest absolute Gasteiger partial charge is 0.231 e. The zero-order valence-corrected chi connectivity index (χ0v) is 16.9. The van der Waals surface area contributed by atoms with E-state index in [0.717, 1.165) is 38.0 Å². The van der Waals surface area contributed by atoms with Crippen LogP contribution < -0.4 is 4.90 Å². The van der Waals surface area contributed by atoms with E-state index < -0.39 is 0 Å². The van der Waals surface area contributed by atoms with Gasteiger partial charge in [0.2, 0.25) is 5.91 Å². The largest absolute Gasteiger partial charge is 0.309 e. The van der Waals surface area contributed by atoms with Crippen LogP contribution in [0.25, 0.3) is 10.8 Å². The van der Waals surface area contributed by atoms with Gasteiger partial charge < -0.3 is 4.90 Å². The summed E-state index contributed by atoms with van der Waals surface area (Å²) < 4.78 is 0. The first-order valence-electron chi connectivity index (χ1n) is 10.8. The zero-order valence-electron chi connectivity index (χ0n) is 16.9. The Hall–Kier alpha value is -2.65. The molecule has 3 nitrogen and oxygen atoms in total. The van der Waals surface area contributed by atoms with Crippen LogP contribution in [-0.2, 0) is 23.2 Å². The van der Waals surface area contributed by atoms with Crippen LogP contribution in [-0.4, -0.2) is 29.9 Å². The number of carbonyl (C=O) groups is 1. The van der Waals surface area contributed by atoms with E-state index in [1.165, 1.54) is 27.5 Å². The number of anilines is 1. The number of hydrogen-bond acceptors (Lipinski definition) is 2. The molecule has 146 valence electrons. The third kappa shape index (κ3) is 2.43. The van der Waals surface area contributed by atoms with Gasteiger partial charge in [-0.15, -0.1) is 0 Å². The Morgan fingerprint density at radius 3 is 2.45 bits per heavy atom. The molecule has 1 aliphatic carbocycles. The molecule has 0 saturated carbocycles. The number of para-hydroxylation sites is 1. The Morgan fingerprint density at radius 2 is 1.62 bits per heavy atom. The molecule has 2 aliphatic heterocycles. The van der Waals surface area contributed by atoms with E-state index in [1.54, 1.807) is 0 Å². The number of piperidine rings is 1. The quantitative estimate of drug-likeness (QED) is 0.643. The van der Waals surface area contributed by atoms with E-state index in [2.05, 4.69) is 71.3 Å². The molecule has 29 heavy (non-hydrogen) atoms. The van der Waals surface area contributed by atoms with Crippen LogP contribution in [0.2, 0.25) is 0 Å². The zero-order chi connectivity index (χ0) is 19.6. The maximum atomic E-state index is 12.7. The number of carbonyl (C=O) groups excluding carboxylic acids is 1. The third-order valence-electron chi connectivity index (χ3n) is 7.50. The number of likely N-dealkylation sites (tertiary alicyclic amines) is 1. The molecule has 0 aromatic heterocycles. The summed E-state index contributed by atoms with van der Waals surface area (Å²) in [5, 5.41) is 2.82. The molecule has 1 saturated heterocycles. The molecule has 3 aromatic rings. The van der Waals surface area contributed by atoms with Crippen LogP contribution in [0.1, 0.15) is 36.5 Å². The first-order chi connectivity index (χ1) is 14.1. The number of fused-ring (bicyclic) bond motifs is 1. The van der Waals surface area contributed by atoms with Crippen molar-refractivity contribution < 1.29 is 4.79 Å². The lowest BCUT2D eigenvalue weighted by atomic mass is 9.88. The highest BCUT2D eigenvalue weighted by Gasteiger charge is 2.43. The van der Waals surface area contributed by atoms with Crippen LogP contribution in [0.3, 0.4) is 0 Å². The molecule has 6 rings (SSSR count). The molecule has 1 fully saturated rings. The molecular formula is C26H26N2O. The minimum atomic E-state index is 0.0566. The molecule has 1 atom stereocenters. The average molecular weight is 383 g/mol. The first kappa shape index (κ1) is 17.2. The standard InChI is InChI=1S/C26H26N2O/c1-26(17-20-9-4-7-18-8-5-10-22(26)25(18)20)27-14-12-21(13-15-27)28-23-11-3-2-6-19(23)16-24(28)29/h2-11,21H,12-17H2,1H3. The summed E-state index contributed by atoms with van der Waals surface area (Å²) in [6, 6.07) is 22.1. The third-order valence-corrected chi connectivity index (χ3v) is 7.50. The van der Waals surface area contributed by atoms with Gasteiger partial charge in [0.05, 0.1) is 6.42 Å². The van der Waals surface area contributed by atoms with E-state index in [9.17, 15) is 4.79 Å². The predicted octanol–water partition coefficient (Wildman–Crippen LogP) is 4.66. The molecule has 0 N–H and O–H groups in total. The Bertz CT molecular complexity index is 1120. The average Bonchev–Trinajstić information content (AvgIpc) is 3.24.